The zero-order chi connectivity index (χ0) is 18.7. The van der Waals surface area contributed by atoms with Crippen LogP contribution in [0.2, 0.25) is 0 Å². The first-order chi connectivity index (χ1) is 12.5. The largest absolute Gasteiger partial charge is 0.505 e. The van der Waals surface area contributed by atoms with E-state index >= 15 is 0 Å². The van der Waals surface area contributed by atoms with Gasteiger partial charge >= 0.3 is 11.9 Å². The van der Waals surface area contributed by atoms with Crippen LogP contribution in [0.4, 0.5) is 0 Å². The second kappa shape index (κ2) is 7.10. The third kappa shape index (κ3) is 3.56. The average Bonchev–Trinajstić information content (AvgIpc) is 2.63. The Hall–Kier alpha value is -3.61. The number of aromatic hydroxyl groups is 1. The summed E-state index contributed by atoms with van der Waals surface area (Å²) in [5.74, 6) is -1.45. The fourth-order valence-corrected chi connectivity index (χ4v) is 2.46. The molecule has 0 amide bonds. The van der Waals surface area contributed by atoms with Crippen LogP contribution < -0.4 is 4.74 Å². The van der Waals surface area contributed by atoms with Gasteiger partial charge in [-0.1, -0.05) is 18.2 Å². The standard InChI is InChI=1S/C19H15NO6/c1-11-15-9-13(26-12-5-3-2-4-6-12)7-8-14(15)18(23)17(20-11)19(24)25-10-16(21)22/h2-9,23H,10H2,1H3,(H,21,22). The minimum Gasteiger partial charge on any atom is -0.505 e. The maximum atomic E-state index is 11.9. The van der Waals surface area contributed by atoms with Crippen molar-refractivity contribution in [2.24, 2.45) is 0 Å². The van der Waals surface area contributed by atoms with Gasteiger partial charge in [-0.25, -0.2) is 14.6 Å². The molecule has 0 radical (unpaired) electrons. The molecule has 0 bridgehead atoms. The molecule has 0 saturated heterocycles. The van der Waals surface area contributed by atoms with Gasteiger partial charge in [0.15, 0.2) is 18.1 Å². The van der Waals surface area contributed by atoms with Crippen molar-refractivity contribution < 1.29 is 29.3 Å². The molecule has 7 nitrogen and oxygen atoms in total. The van der Waals surface area contributed by atoms with Crippen LogP contribution >= 0.6 is 0 Å². The molecule has 26 heavy (non-hydrogen) atoms. The Balaban J connectivity index is 1.96. The fourth-order valence-electron chi connectivity index (χ4n) is 2.46. The molecule has 3 aromatic rings. The molecule has 1 aromatic heterocycles. The zero-order valence-electron chi connectivity index (χ0n) is 13.8. The second-order valence-electron chi connectivity index (χ2n) is 5.49. The summed E-state index contributed by atoms with van der Waals surface area (Å²) < 4.78 is 10.3. The molecule has 0 saturated carbocycles. The fraction of sp³-hybridized carbons (Fsp3) is 0.105. The van der Waals surface area contributed by atoms with Gasteiger partial charge in [0, 0.05) is 16.5 Å². The first kappa shape index (κ1) is 17.2. The highest BCUT2D eigenvalue weighted by atomic mass is 16.6. The van der Waals surface area contributed by atoms with Gasteiger partial charge in [-0.15, -0.1) is 0 Å². The number of pyridine rings is 1. The number of ether oxygens (including phenoxy) is 2. The Morgan fingerprint density at radius 2 is 1.77 bits per heavy atom. The number of esters is 1. The molecule has 2 N–H and O–H groups in total. The summed E-state index contributed by atoms with van der Waals surface area (Å²) in [6, 6.07) is 14.2. The number of aryl methyl sites for hydroxylation is 1. The van der Waals surface area contributed by atoms with E-state index in [4.69, 9.17) is 9.84 Å². The molecule has 2 aromatic carbocycles. The Labute approximate surface area is 148 Å². The lowest BCUT2D eigenvalue weighted by Crippen LogP contribution is -2.15. The third-order valence-corrected chi connectivity index (χ3v) is 3.64. The predicted octanol–water partition coefficient (Wildman–Crippen LogP) is 3.28. The number of rotatable bonds is 5. The molecule has 1 heterocycles. The summed E-state index contributed by atoms with van der Waals surface area (Å²) in [4.78, 5) is 26.5. The van der Waals surface area contributed by atoms with Gasteiger partial charge in [-0.05, 0) is 37.3 Å². The lowest BCUT2D eigenvalue weighted by molar-refractivity contribution is -0.140. The molecule has 0 fully saturated rings. The Morgan fingerprint density at radius 3 is 2.46 bits per heavy atom. The Kier molecular flexibility index (Phi) is 4.70. The number of aliphatic carboxylic acids is 1. The molecule has 0 spiro atoms. The minimum atomic E-state index is -1.29. The van der Waals surface area contributed by atoms with Crippen LogP contribution in [0.25, 0.3) is 10.8 Å². The molecule has 132 valence electrons. The van der Waals surface area contributed by atoms with Crippen LogP contribution in [0.5, 0.6) is 17.2 Å². The van der Waals surface area contributed by atoms with Crippen LogP contribution in [0, 0.1) is 6.92 Å². The van der Waals surface area contributed by atoms with Crippen LogP contribution in [0.1, 0.15) is 16.2 Å². The van der Waals surface area contributed by atoms with Crippen molar-refractivity contribution in [3.63, 3.8) is 0 Å². The molecule has 0 unspecified atom stereocenters. The molecule has 3 rings (SSSR count). The number of fused-ring (bicyclic) bond motifs is 1. The molecule has 0 aliphatic heterocycles. The predicted molar refractivity (Wildman–Crippen MR) is 92.6 cm³/mol. The number of para-hydroxylation sites is 1. The zero-order valence-corrected chi connectivity index (χ0v) is 13.8. The van der Waals surface area contributed by atoms with Gasteiger partial charge in [-0.3, -0.25) is 0 Å². The van der Waals surface area contributed by atoms with E-state index in [-0.39, 0.29) is 11.4 Å². The van der Waals surface area contributed by atoms with E-state index in [1.54, 1.807) is 25.1 Å². The van der Waals surface area contributed by atoms with E-state index in [9.17, 15) is 14.7 Å². The monoisotopic (exact) mass is 353 g/mol. The van der Waals surface area contributed by atoms with Crippen molar-refractivity contribution >= 4 is 22.7 Å². The highest BCUT2D eigenvalue weighted by molar-refractivity contribution is 6.00. The lowest BCUT2D eigenvalue weighted by atomic mass is 10.1. The molecule has 0 aliphatic rings. The number of carbonyl (C=O) groups is 2. The Bertz CT molecular complexity index is 984. The van der Waals surface area contributed by atoms with E-state index < -0.39 is 18.5 Å². The number of hydrogen-bond acceptors (Lipinski definition) is 6. The number of carboxylic acid groups (broad SMARTS) is 1. The van der Waals surface area contributed by atoms with Crippen LogP contribution in [-0.4, -0.2) is 33.7 Å². The maximum absolute atomic E-state index is 11.9. The van der Waals surface area contributed by atoms with Gasteiger partial charge in [0.2, 0.25) is 0 Å². The van der Waals surface area contributed by atoms with E-state index in [0.29, 0.717) is 28.0 Å². The summed E-state index contributed by atoms with van der Waals surface area (Å²) in [5, 5.41) is 19.9. The lowest BCUT2D eigenvalue weighted by Gasteiger charge is -2.11. The van der Waals surface area contributed by atoms with Crippen LogP contribution in [-0.2, 0) is 9.53 Å². The van der Waals surface area contributed by atoms with Gasteiger partial charge in [0.25, 0.3) is 0 Å². The van der Waals surface area contributed by atoms with Crippen molar-refractivity contribution in [1.29, 1.82) is 0 Å². The number of carbonyl (C=O) groups excluding carboxylic acids is 1. The topological polar surface area (TPSA) is 106 Å². The summed E-state index contributed by atoms with van der Waals surface area (Å²) in [6.07, 6.45) is 0. The van der Waals surface area contributed by atoms with Crippen molar-refractivity contribution in [1.82, 2.24) is 4.98 Å². The van der Waals surface area contributed by atoms with Crippen molar-refractivity contribution in [2.45, 2.75) is 6.92 Å². The first-order valence-corrected chi connectivity index (χ1v) is 7.71. The first-order valence-electron chi connectivity index (χ1n) is 7.71. The highest BCUT2D eigenvalue weighted by Crippen LogP contribution is 2.33. The number of hydrogen-bond donors (Lipinski definition) is 2. The van der Waals surface area contributed by atoms with Gasteiger partial charge in [-0.2, -0.15) is 0 Å². The average molecular weight is 353 g/mol. The normalized spacial score (nSPS) is 10.5. The van der Waals surface area contributed by atoms with Crippen LogP contribution in [0.15, 0.2) is 48.5 Å². The molecular formula is C19H15NO6. The number of nitrogens with zero attached hydrogens (tertiary/aromatic N) is 1. The van der Waals surface area contributed by atoms with Crippen LogP contribution in [0.3, 0.4) is 0 Å². The smallest absolute Gasteiger partial charge is 0.361 e. The molecule has 7 heteroatoms. The number of aromatic nitrogens is 1. The number of carboxylic acids is 1. The summed E-state index contributed by atoms with van der Waals surface area (Å²) >= 11 is 0. The van der Waals surface area contributed by atoms with E-state index in [1.807, 2.05) is 30.3 Å². The second-order valence-corrected chi connectivity index (χ2v) is 5.49. The van der Waals surface area contributed by atoms with E-state index in [2.05, 4.69) is 9.72 Å². The van der Waals surface area contributed by atoms with Gasteiger partial charge in [0.05, 0.1) is 0 Å². The van der Waals surface area contributed by atoms with Gasteiger partial charge in [0.1, 0.15) is 11.5 Å². The maximum Gasteiger partial charge on any atom is 0.361 e. The van der Waals surface area contributed by atoms with Crippen molar-refractivity contribution in [3.8, 4) is 17.2 Å². The van der Waals surface area contributed by atoms with E-state index in [1.165, 1.54) is 0 Å². The molecular weight excluding hydrogens is 338 g/mol. The number of benzene rings is 2. The highest BCUT2D eigenvalue weighted by Gasteiger charge is 2.20. The molecule has 0 atom stereocenters. The molecule has 0 aliphatic carbocycles. The van der Waals surface area contributed by atoms with Crippen molar-refractivity contribution in [3.05, 3.63) is 59.9 Å². The third-order valence-electron chi connectivity index (χ3n) is 3.64. The SMILES string of the molecule is Cc1nc(C(=O)OCC(=O)O)c(O)c2ccc(Oc3ccccc3)cc12. The summed E-state index contributed by atoms with van der Waals surface area (Å²) in [5.41, 5.74) is 0.145. The van der Waals surface area contributed by atoms with Crippen molar-refractivity contribution in [2.75, 3.05) is 6.61 Å². The van der Waals surface area contributed by atoms with E-state index in [0.717, 1.165) is 0 Å². The van der Waals surface area contributed by atoms with Gasteiger partial charge < -0.3 is 19.7 Å². The minimum absolute atomic E-state index is 0.326. The quantitative estimate of drug-likeness (QED) is 0.678. The Morgan fingerprint density at radius 1 is 1.04 bits per heavy atom. The summed E-state index contributed by atoms with van der Waals surface area (Å²) in [7, 11) is 0. The summed E-state index contributed by atoms with van der Waals surface area (Å²) in [6.45, 7) is 0.864.